The molecule has 0 aliphatic rings. The molecule has 3 heteroatoms. The van der Waals surface area contributed by atoms with E-state index in [4.69, 9.17) is 5.11 Å². The van der Waals surface area contributed by atoms with Gasteiger partial charge in [0.1, 0.15) is 0 Å². The molecule has 2 N–H and O–H groups in total. The Morgan fingerprint density at radius 3 is 2.72 bits per heavy atom. The first-order valence-electron chi connectivity index (χ1n) is 5.65. The van der Waals surface area contributed by atoms with Crippen LogP contribution in [0.3, 0.4) is 0 Å². The number of aromatic carboxylic acids is 1. The first-order valence-corrected chi connectivity index (χ1v) is 5.65. The van der Waals surface area contributed by atoms with E-state index in [1.165, 1.54) is 0 Å². The Balaban J connectivity index is 2.23. The number of carboxylic acid groups (broad SMARTS) is 1. The molecule has 18 heavy (non-hydrogen) atoms. The lowest BCUT2D eigenvalue weighted by molar-refractivity contribution is 0.0697. The topological polar surface area (TPSA) is 53.1 Å². The van der Waals surface area contributed by atoms with Crippen molar-refractivity contribution in [3.05, 3.63) is 60.3 Å². The highest BCUT2D eigenvalue weighted by molar-refractivity contribution is 5.96. The number of fused-ring (bicyclic) bond motifs is 1. The average Bonchev–Trinajstić information content (AvgIpc) is 2.87. The number of carbonyl (C=O) groups is 1. The highest BCUT2D eigenvalue weighted by Crippen LogP contribution is 2.27. The van der Waals surface area contributed by atoms with E-state index in [0.29, 0.717) is 5.56 Å². The molecule has 3 aromatic rings. The first-order chi connectivity index (χ1) is 8.75. The van der Waals surface area contributed by atoms with E-state index in [1.54, 1.807) is 18.2 Å². The number of rotatable bonds is 2. The second-order valence-corrected chi connectivity index (χ2v) is 4.13. The number of aromatic amines is 1. The van der Waals surface area contributed by atoms with Crippen LogP contribution >= 0.6 is 0 Å². The molecular formula is C15H11NO2. The molecule has 2 aromatic carbocycles. The van der Waals surface area contributed by atoms with Crippen molar-refractivity contribution in [3.63, 3.8) is 0 Å². The molecule has 3 rings (SSSR count). The minimum atomic E-state index is -0.907. The summed E-state index contributed by atoms with van der Waals surface area (Å²) in [5.74, 6) is -0.907. The lowest BCUT2D eigenvalue weighted by Crippen LogP contribution is -1.95. The number of nitrogens with one attached hydrogen (secondary N) is 1. The third kappa shape index (κ3) is 1.66. The summed E-state index contributed by atoms with van der Waals surface area (Å²) >= 11 is 0. The Morgan fingerprint density at radius 1 is 1.06 bits per heavy atom. The molecule has 3 nitrogen and oxygen atoms in total. The third-order valence-electron chi connectivity index (χ3n) is 3.01. The van der Waals surface area contributed by atoms with Gasteiger partial charge in [-0.05, 0) is 29.1 Å². The van der Waals surface area contributed by atoms with E-state index in [0.717, 1.165) is 22.0 Å². The van der Waals surface area contributed by atoms with Crippen molar-refractivity contribution in [1.82, 2.24) is 4.98 Å². The Kier molecular flexibility index (Phi) is 2.38. The number of hydrogen-bond donors (Lipinski definition) is 2. The Bertz CT molecular complexity index is 728. The smallest absolute Gasteiger partial charge is 0.335 e. The SMILES string of the molecule is O=C(O)c1cccc(-c2cccc3cc[nH]c23)c1. The molecule has 0 saturated carbocycles. The van der Waals surface area contributed by atoms with Gasteiger partial charge in [-0.2, -0.15) is 0 Å². The molecule has 0 unspecified atom stereocenters. The summed E-state index contributed by atoms with van der Waals surface area (Å²) < 4.78 is 0. The highest BCUT2D eigenvalue weighted by Gasteiger charge is 2.07. The third-order valence-corrected chi connectivity index (χ3v) is 3.01. The van der Waals surface area contributed by atoms with Crippen LogP contribution in [0.5, 0.6) is 0 Å². The summed E-state index contributed by atoms with van der Waals surface area (Å²) in [7, 11) is 0. The Hall–Kier alpha value is -2.55. The van der Waals surface area contributed by atoms with E-state index in [1.807, 2.05) is 36.5 Å². The molecule has 0 atom stereocenters. The van der Waals surface area contributed by atoms with Gasteiger partial charge in [0.2, 0.25) is 0 Å². The van der Waals surface area contributed by atoms with Gasteiger partial charge in [0.15, 0.2) is 0 Å². The maximum absolute atomic E-state index is 11.0. The number of aromatic nitrogens is 1. The molecule has 0 fully saturated rings. The van der Waals surface area contributed by atoms with Crippen LogP contribution in [0, 0.1) is 0 Å². The zero-order valence-corrected chi connectivity index (χ0v) is 9.55. The van der Waals surface area contributed by atoms with Gasteiger partial charge >= 0.3 is 5.97 Å². The Morgan fingerprint density at radius 2 is 1.89 bits per heavy atom. The van der Waals surface area contributed by atoms with Gasteiger partial charge in [-0.15, -0.1) is 0 Å². The van der Waals surface area contributed by atoms with E-state index in [-0.39, 0.29) is 0 Å². The van der Waals surface area contributed by atoms with Crippen molar-refractivity contribution in [3.8, 4) is 11.1 Å². The average molecular weight is 237 g/mol. The summed E-state index contributed by atoms with van der Waals surface area (Å²) in [5, 5.41) is 10.1. The van der Waals surface area contributed by atoms with Crippen LogP contribution in [0.15, 0.2) is 54.7 Å². The number of para-hydroxylation sites is 1. The summed E-state index contributed by atoms with van der Waals surface area (Å²) in [6.07, 6.45) is 1.88. The number of H-pyrrole nitrogens is 1. The molecular weight excluding hydrogens is 226 g/mol. The Labute approximate surface area is 104 Å². The molecule has 0 aliphatic heterocycles. The molecule has 0 aliphatic carbocycles. The van der Waals surface area contributed by atoms with Crippen molar-refractivity contribution in [1.29, 1.82) is 0 Å². The maximum Gasteiger partial charge on any atom is 0.335 e. The first kappa shape index (κ1) is 10.6. The second-order valence-electron chi connectivity index (χ2n) is 4.13. The van der Waals surface area contributed by atoms with Crippen LogP contribution in [0.25, 0.3) is 22.0 Å². The summed E-state index contributed by atoms with van der Waals surface area (Å²) in [5.41, 5.74) is 3.25. The van der Waals surface area contributed by atoms with E-state index < -0.39 is 5.97 Å². The van der Waals surface area contributed by atoms with Crippen LogP contribution in [0.4, 0.5) is 0 Å². The monoisotopic (exact) mass is 237 g/mol. The molecule has 1 heterocycles. The van der Waals surface area contributed by atoms with Gasteiger partial charge < -0.3 is 10.1 Å². The lowest BCUT2D eigenvalue weighted by atomic mass is 10.0. The number of carboxylic acids is 1. The fourth-order valence-electron chi connectivity index (χ4n) is 2.15. The van der Waals surface area contributed by atoms with E-state index in [2.05, 4.69) is 4.98 Å². The van der Waals surface area contributed by atoms with Gasteiger partial charge in [0.25, 0.3) is 0 Å². The van der Waals surface area contributed by atoms with Gasteiger partial charge in [0.05, 0.1) is 11.1 Å². The van der Waals surface area contributed by atoms with Crippen LogP contribution in [-0.4, -0.2) is 16.1 Å². The molecule has 0 bridgehead atoms. The lowest BCUT2D eigenvalue weighted by Gasteiger charge is -2.04. The molecule has 0 radical (unpaired) electrons. The van der Waals surface area contributed by atoms with Crippen molar-refractivity contribution < 1.29 is 9.90 Å². The standard InChI is InChI=1S/C15H11NO2/c17-15(18)12-5-1-4-11(9-12)13-6-2-3-10-7-8-16-14(10)13/h1-9,16H,(H,17,18). The number of benzene rings is 2. The molecule has 0 saturated heterocycles. The van der Waals surface area contributed by atoms with Crippen molar-refractivity contribution in [2.45, 2.75) is 0 Å². The minimum absolute atomic E-state index is 0.302. The quantitative estimate of drug-likeness (QED) is 0.716. The van der Waals surface area contributed by atoms with Gasteiger partial charge in [-0.3, -0.25) is 0 Å². The van der Waals surface area contributed by atoms with Crippen LogP contribution in [-0.2, 0) is 0 Å². The normalized spacial score (nSPS) is 10.7. The zero-order chi connectivity index (χ0) is 12.5. The predicted octanol–water partition coefficient (Wildman–Crippen LogP) is 3.53. The summed E-state index contributed by atoms with van der Waals surface area (Å²) in [4.78, 5) is 14.2. The van der Waals surface area contributed by atoms with Gasteiger partial charge in [-0.1, -0.05) is 30.3 Å². The largest absolute Gasteiger partial charge is 0.478 e. The second kappa shape index (κ2) is 4.04. The van der Waals surface area contributed by atoms with Crippen LogP contribution in [0.2, 0.25) is 0 Å². The van der Waals surface area contributed by atoms with Crippen molar-refractivity contribution in [2.75, 3.05) is 0 Å². The van der Waals surface area contributed by atoms with Gasteiger partial charge in [-0.25, -0.2) is 4.79 Å². The maximum atomic E-state index is 11.0. The van der Waals surface area contributed by atoms with Crippen molar-refractivity contribution in [2.24, 2.45) is 0 Å². The highest BCUT2D eigenvalue weighted by atomic mass is 16.4. The van der Waals surface area contributed by atoms with Crippen LogP contribution in [0.1, 0.15) is 10.4 Å². The minimum Gasteiger partial charge on any atom is -0.478 e. The zero-order valence-electron chi connectivity index (χ0n) is 9.55. The predicted molar refractivity (Wildman–Crippen MR) is 70.7 cm³/mol. The fraction of sp³-hybridized carbons (Fsp3) is 0. The fourth-order valence-corrected chi connectivity index (χ4v) is 2.15. The van der Waals surface area contributed by atoms with Crippen molar-refractivity contribution >= 4 is 16.9 Å². The summed E-state index contributed by atoms with van der Waals surface area (Å²) in [6, 6.07) is 15.0. The van der Waals surface area contributed by atoms with E-state index >= 15 is 0 Å². The molecule has 88 valence electrons. The number of hydrogen-bond acceptors (Lipinski definition) is 1. The molecule has 1 aromatic heterocycles. The van der Waals surface area contributed by atoms with E-state index in [9.17, 15) is 4.79 Å². The molecule has 0 spiro atoms. The van der Waals surface area contributed by atoms with Crippen LogP contribution < -0.4 is 0 Å². The van der Waals surface area contributed by atoms with Gasteiger partial charge in [0, 0.05) is 11.8 Å². The summed E-state index contributed by atoms with van der Waals surface area (Å²) in [6.45, 7) is 0. The molecule has 0 amide bonds.